The van der Waals surface area contributed by atoms with Gasteiger partial charge < -0.3 is 10.6 Å². The number of carbonyl (C=O) groups is 2. The molecule has 1 aromatic rings. The summed E-state index contributed by atoms with van der Waals surface area (Å²) in [6.45, 7) is 3.19. The van der Waals surface area contributed by atoms with Crippen LogP contribution in [0, 0.1) is 12.8 Å². The second kappa shape index (κ2) is 7.34. The summed E-state index contributed by atoms with van der Waals surface area (Å²) < 4.78 is 23.4. The molecule has 1 aliphatic rings. The molecule has 1 unspecified atom stereocenters. The standard InChI is InChI=1S/C17H24N2O4S/c1-11-8-9-14(24(3,22)23)10-15(11)19-17(21)16(18-12(2)20)13-6-4-5-7-13/h8-10,13,16H,4-7H2,1-3H3,(H,18,20)(H,19,21). The molecular weight excluding hydrogens is 328 g/mol. The Balaban J connectivity index is 2.24. The van der Waals surface area contributed by atoms with Crippen LogP contribution in [0.15, 0.2) is 23.1 Å². The first-order chi connectivity index (χ1) is 11.2. The Kier molecular flexibility index (Phi) is 5.64. The van der Waals surface area contributed by atoms with Gasteiger partial charge in [-0.15, -0.1) is 0 Å². The van der Waals surface area contributed by atoms with Crippen molar-refractivity contribution in [2.75, 3.05) is 11.6 Å². The SMILES string of the molecule is CC(=O)NC(C(=O)Nc1cc(S(C)(=O)=O)ccc1C)C1CCCC1. The van der Waals surface area contributed by atoms with E-state index in [0.29, 0.717) is 5.69 Å². The number of hydrogen-bond donors (Lipinski definition) is 2. The molecule has 2 amide bonds. The lowest BCUT2D eigenvalue weighted by Gasteiger charge is -2.23. The molecule has 0 radical (unpaired) electrons. The zero-order chi connectivity index (χ0) is 17.9. The molecular formula is C17H24N2O4S. The highest BCUT2D eigenvalue weighted by Crippen LogP contribution is 2.29. The summed E-state index contributed by atoms with van der Waals surface area (Å²) in [6, 6.07) is 4.05. The molecule has 0 bridgehead atoms. The van der Waals surface area contributed by atoms with Gasteiger partial charge in [0, 0.05) is 18.9 Å². The average Bonchev–Trinajstić information content (AvgIpc) is 2.99. The Labute approximate surface area is 142 Å². The van der Waals surface area contributed by atoms with E-state index < -0.39 is 15.9 Å². The molecule has 0 aromatic heterocycles. The van der Waals surface area contributed by atoms with Crippen LogP contribution >= 0.6 is 0 Å². The van der Waals surface area contributed by atoms with Gasteiger partial charge in [-0.2, -0.15) is 0 Å². The van der Waals surface area contributed by atoms with Gasteiger partial charge in [0.2, 0.25) is 11.8 Å². The summed E-state index contributed by atoms with van der Waals surface area (Å²) in [7, 11) is -3.35. The van der Waals surface area contributed by atoms with Crippen molar-refractivity contribution in [3.63, 3.8) is 0 Å². The summed E-state index contributed by atoms with van der Waals surface area (Å²) in [5, 5.41) is 5.52. The Morgan fingerprint density at radius 3 is 2.38 bits per heavy atom. The fourth-order valence-corrected chi connectivity index (χ4v) is 3.73. The molecule has 0 spiro atoms. The molecule has 6 nitrogen and oxygen atoms in total. The summed E-state index contributed by atoms with van der Waals surface area (Å²) >= 11 is 0. The van der Waals surface area contributed by atoms with Crippen LogP contribution in [-0.2, 0) is 19.4 Å². The Bertz CT molecular complexity index is 737. The summed E-state index contributed by atoms with van der Waals surface area (Å²) in [4.78, 5) is 24.3. The fourth-order valence-electron chi connectivity index (χ4n) is 3.08. The lowest BCUT2D eigenvalue weighted by molar-refractivity contribution is -0.126. The molecule has 1 atom stereocenters. The van der Waals surface area contributed by atoms with Crippen molar-refractivity contribution in [3.8, 4) is 0 Å². The van der Waals surface area contributed by atoms with E-state index in [1.807, 2.05) is 0 Å². The number of anilines is 1. The Morgan fingerprint density at radius 2 is 1.83 bits per heavy atom. The monoisotopic (exact) mass is 352 g/mol. The zero-order valence-corrected chi connectivity index (χ0v) is 15.1. The molecule has 0 aliphatic heterocycles. The van der Waals surface area contributed by atoms with Crippen molar-refractivity contribution in [2.24, 2.45) is 5.92 Å². The van der Waals surface area contributed by atoms with E-state index in [4.69, 9.17) is 0 Å². The third-order valence-electron chi connectivity index (χ3n) is 4.41. The molecule has 2 N–H and O–H groups in total. The van der Waals surface area contributed by atoms with Crippen LogP contribution in [0.4, 0.5) is 5.69 Å². The zero-order valence-electron chi connectivity index (χ0n) is 14.3. The molecule has 0 saturated heterocycles. The van der Waals surface area contributed by atoms with Gasteiger partial charge in [0.1, 0.15) is 6.04 Å². The van der Waals surface area contributed by atoms with Crippen LogP contribution in [0.25, 0.3) is 0 Å². The summed E-state index contributed by atoms with van der Waals surface area (Å²) in [5.41, 5.74) is 1.22. The van der Waals surface area contributed by atoms with Crippen molar-refractivity contribution >= 4 is 27.3 Å². The van der Waals surface area contributed by atoms with Crippen LogP contribution in [0.3, 0.4) is 0 Å². The third-order valence-corrected chi connectivity index (χ3v) is 5.52. The highest BCUT2D eigenvalue weighted by atomic mass is 32.2. The van der Waals surface area contributed by atoms with Crippen molar-refractivity contribution in [1.29, 1.82) is 0 Å². The number of nitrogens with one attached hydrogen (secondary N) is 2. The van der Waals surface area contributed by atoms with Crippen LogP contribution < -0.4 is 10.6 Å². The largest absolute Gasteiger partial charge is 0.344 e. The van der Waals surface area contributed by atoms with E-state index in [-0.39, 0.29) is 22.6 Å². The second-order valence-electron chi connectivity index (χ2n) is 6.46. The quantitative estimate of drug-likeness (QED) is 0.848. The van der Waals surface area contributed by atoms with E-state index in [9.17, 15) is 18.0 Å². The topological polar surface area (TPSA) is 92.3 Å². The molecule has 1 fully saturated rings. The van der Waals surface area contributed by atoms with E-state index in [0.717, 1.165) is 37.5 Å². The van der Waals surface area contributed by atoms with Gasteiger partial charge >= 0.3 is 0 Å². The molecule has 1 aliphatic carbocycles. The van der Waals surface area contributed by atoms with Gasteiger partial charge in [0.05, 0.1) is 4.90 Å². The molecule has 0 heterocycles. The normalized spacial score (nSPS) is 16.6. The smallest absolute Gasteiger partial charge is 0.247 e. The van der Waals surface area contributed by atoms with Crippen molar-refractivity contribution in [1.82, 2.24) is 5.32 Å². The van der Waals surface area contributed by atoms with Gasteiger partial charge in [-0.1, -0.05) is 18.9 Å². The van der Waals surface area contributed by atoms with E-state index in [2.05, 4.69) is 10.6 Å². The molecule has 1 saturated carbocycles. The van der Waals surface area contributed by atoms with E-state index >= 15 is 0 Å². The van der Waals surface area contributed by atoms with Crippen LogP contribution in [0.1, 0.15) is 38.2 Å². The Morgan fingerprint density at radius 1 is 1.21 bits per heavy atom. The number of aryl methyl sites for hydroxylation is 1. The van der Waals surface area contributed by atoms with E-state index in [1.165, 1.54) is 19.1 Å². The van der Waals surface area contributed by atoms with Gasteiger partial charge in [-0.05, 0) is 43.4 Å². The minimum atomic E-state index is -3.35. The Hall–Kier alpha value is -1.89. The maximum atomic E-state index is 12.7. The average molecular weight is 352 g/mol. The van der Waals surface area contributed by atoms with Gasteiger partial charge in [0.25, 0.3) is 0 Å². The van der Waals surface area contributed by atoms with Gasteiger partial charge in [-0.3, -0.25) is 9.59 Å². The number of rotatable bonds is 5. The number of hydrogen-bond acceptors (Lipinski definition) is 4. The summed E-state index contributed by atoms with van der Waals surface area (Å²) in [5.74, 6) is -0.429. The van der Waals surface area contributed by atoms with Crippen molar-refractivity contribution in [2.45, 2.75) is 50.5 Å². The number of carbonyl (C=O) groups excluding carboxylic acids is 2. The predicted octanol–water partition coefficient (Wildman–Crippen LogP) is 2.03. The lowest BCUT2D eigenvalue weighted by atomic mass is 9.97. The number of sulfone groups is 1. The first kappa shape index (κ1) is 18.4. The van der Waals surface area contributed by atoms with Gasteiger partial charge in [-0.25, -0.2) is 8.42 Å². The maximum absolute atomic E-state index is 12.7. The van der Waals surface area contributed by atoms with Crippen LogP contribution in [0.5, 0.6) is 0 Å². The molecule has 7 heteroatoms. The maximum Gasteiger partial charge on any atom is 0.247 e. The number of benzene rings is 1. The highest BCUT2D eigenvalue weighted by Gasteiger charge is 2.31. The van der Waals surface area contributed by atoms with Crippen molar-refractivity contribution in [3.05, 3.63) is 23.8 Å². The molecule has 2 rings (SSSR count). The van der Waals surface area contributed by atoms with Crippen molar-refractivity contribution < 1.29 is 18.0 Å². The fraction of sp³-hybridized carbons (Fsp3) is 0.529. The first-order valence-corrected chi connectivity index (χ1v) is 9.96. The molecule has 132 valence electrons. The molecule has 1 aromatic carbocycles. The van der Waals surface area contributed by atoms with Crippen LogP contribution in [0.2, 0.25) is 0 Å². The number of amides is 2. The minimum Gasteiger partial charge on any atom is -0.344 e. The van der Waals surface area contributed by atoms with E-state index in [1.54, 1.807) is 13.0 Å². The highest BCUT2D eigenvalue weighted by molar-refractivity contribution is 7.90. The first-order valence-electron chi connectivity index (χ1n) is 8.07. The van der Waals surface area contributed by atoms with Gasteiger partial charge in [0.15, 0.2) is 9.84 Å². The molecule has 24 heavy (non-hydrogen) atoms. The second-order valence-corrected chi connectivity index (χ2v) is 8.48. The van der Waals surface area contributed by atoms with Crippen LogP contribution in [-0.4, -0.2) is 32.5 Å². The predicted molar refractivity (Wildman–Crippen MR) is 92.5 cm³/mol. The summed E-state index contributed by atoms with van der Waals surface area (Å²) in [6.07, 6.45) is 5.04. The minimum absolute atomic E-state index is 0.118. The third kappa shape index (κ3) is 4.56. The lowest BCUT2D eigenvalue weighted by Crippen LogP contribution is -2.47.